The van der Waals surface area contributed by atoms with Gasteiger partial charge in [0.1, 0.15) is 11.3 Å². The summed E-state index contributed by atoms with van der Waals surface area (Å²) in [5, 5.41) is 22.4. The zero-order chi connectivity index (χ0) is 22.7. The fraction of sp³-hybridized carbons (Fsp3) is 0.0909. The zero-order valence-corrected chi connectivity index (χ0v) is 16.5. The molecule has 3 rings (SSSR count). The average Bonchev–Trinajstić information content (AvgIpc) is 2.74. The van der Waals surface area contributed by atoms with Crippen LogP contribution < -0.4 is 4.74 Å². The molecule has 0 unspecified atom stereocenters. The molecule has 31 heavy (non-hydrogen) atoms. The number of hydrogen-bond donors (Lipinski definition) is 0. The number of ketones is 1. The first-order valence-electron chi connectivity index (χ1n) is 9.05. The second-order valence-corrected chi connectivity index (χ2v) is 6.72. The smallest absolute Gasteiger partial charge is 0.344 e. The summed E-state index contributed by atoms with van der Waals surface area (Å²) in [5.41, 5.74) is -0.218. The largest absolute Gasteiger partial charge is 0.423 e. The van der Waals surface area contributed by atoms with Crippen LogP contribution in [0.3, 0.4) is 0 Å². The Balaban J connectivity index is 1.90. The Labute approximate surface area is 176 Å². The first kappa shape index (κ1) is 21.3. The SMILES string of the molecule is Cc1cc(C(=O)c2ccccc2)ccc1OC(=O)c1cc([N+](=O)[O-])c(C)c([N+](=O)[O-])c1. The van der Waals surface area contributed by atoms with Gasteiger partial charge in [-0.2, -0.15) is 0 Å². The van der Waals surface area contributed by atoms with Crippen LogP contribution >= 0.6 is 0 Å². The highest BCUT2D eigenvalue weighted by Crippen LogP contribution is 2.30. The van der Waals surface area contributed by atoms with Crippen LogP contribution in [-0.2, 0) is 0 Å². The average molecular weight is 420 g/mol. The molecule has 3 aromatic carbocycles. The van der Waals surface area contributed by atoms with E-state index in [0.717, 1.165) is 12.1 Å². The monoisotopic (exact) mass is 420 g/mol. The van der Waals surface area contributed by atoms with Crippen LogP contribution in [0.2, 0.25) is 0 Å². The fourth-order valence-electron chi connectivity index (χ4n) is 3.00. The van der Waals surface area contributed by atoms with Gasteiger partial charge in [-0.25, -0.2) is 4.79 Å². The molecule has 9 heteroatoms. The molecule has 0 aliphatic heterocycles. The Morgan fingerprint density at radius 1 is 0.774 bits per heavy atom. The minimum atomic E-state index is -0.989. The minimum Gasteiger partial charge on any atom is -0.423 e. The highest BCUT2D eigenvalue weighted by Gasteiger charge is 2.26. The van der Waals surface area contributed by atoms with Crippen LogP contribution in [0, 0.1) is 34.1 Å². The van der Waals surface area contributed by atoms with Crippen molar-refractivity contribution < 1.29 is 24.2 Å². The number of nitro benzene ring substituents is 2. The Bertz CT molecular complexity index is 1180. The van der Waals surface area contributed by atoms with Crippen molar-refractivity contribution in [2.75, 3.05) is 0 Å². The van der Waals surface area contributed by atoms with E-state index in [0.29, 0.717) is 16.7 Å². The number of carbonyl (C=O) groups excluding carboxylic acids is 2. The summed E-state index contributed by atoms with van der Waals surface area (Å²) in [6, 6.07) is 15.0. The molecule has 0 fully saturated rings. The molecule has 0 bridgehead atoms. The maximum atomic E-state index is 12.6. The van der Waals surface area contributed by atoms with Crippen molar-refractivity contribution in [2.24, 2.45) is 0 Å². The molecule has 0 N–H and O–H groups in total. The lowest BCUT2D eigenvalue weighted by molar-refractivity contribution is -0.395. The first-order valence-corrected chi connectivity index (χ1v) is 9.05. The Morgan fingerprint density at radius 2 is 1.35 bits per heavy atom. The lowest BCUT2D eigenvalue weighted by Crippen LogP contribution is -2.12. The third kappa shape index (κ3) is 4.45. The van der Waals surface area contributed by atoms with E-state index in [1.54, 1.807) is 43.3 Å². The highest BCUT2D eigenvalue weighted by atomic mass is 16.6. The molecule has 0 saturated carbocycles. The molecule has 0 amide bonds. The van der Waals surface area contributed by atoms with Gasteiger partial charge in [0.15, 0.2) is 5.78 Å². The van der Waals surface area contributed by atoms with Gasteiger partial charge < -0.3 is 4.74 Å². The van der Waals surface area contributed by atoms with E-state index >= 15 is 0 Å². The summed E-state index contributed by atoms with van der Waals surface area (Å²) in [5.74, 6) is -1.07. The summed E-state index contributed by atoms with van der Waals surface area (Å²) < 4.78 is 5.29. The standard InChI is InChI=1S/C22H16N2O7/c1-13-10-16(21(25)15-6-4-3-5-7-15)8-9-20(13)31-22(26)17-11-18(23(27)28)14(2)19(12-17)24(29)30/h3-12H,1-2H3. The van der Waals surface area contributed by atoms with Gasteiger partial charge in [0.25, 0.3) is 11.4 Å². The summed E-state index contributed by atoms with van der Waals surface area (Å²) in [6.45, 7) is 2.86. The van der Waals surface area contributed by atoms with Gasteiger partial charge in [0.05, 0.1) is 15.4 Å². The second kappa shape index (κ2) is 8.54. The van der Waals surface area contributed by atoms with Crippen molar-refractivity contribution in [3.8, 4) is 5.75 Å². The molecule has 0 aliphatic rings. The van der Waals surface area contributed by atoms with Crippen molar-refractivity contribution >= 4 is 23.1 Å². The molecule has 0 heterocycles. The maximum absolute atomic E-state index is 12.6. The number of ether oxygens (including phenoxy) is 1. The van der Waals surface area contributed by atoms with Crippen molar-refractivity contribution in [1.29, 1.82) is 0 Å². The van der Waals surface area contributed by atoms with E-state index in [-0.39, 0.29) is 22.7 Å². The van der Waals surface area contributed by atoms with Crippen molar-refractivity contribution in [3.63, 3.8) is 0 Å². The number of nitrogens with zero attached hydrogens (tertiary/aromatic N) is 2. The minimum absolute atomic E-state index is 0.125. The number of hydrogen-bond acceptors (Lipinski definition) is 7. The van der Waals surface area contributed by atoms with Crippen LogP contribution in [0.25, 0.3) is 0 Å². The topological polar surface area (TPSA) is 130 Å². The third-order valence-electron chi connectivity index (χ3n) is 4.66. The maximum Gasteiger partial charge on any atom is 0.344 e. The van der Waals surface area contributed by atoms with Gasteiger partial charge in [-0.05, 0) is 37.6 Å². The Morgan fingerprint density at radius 3 is 1.87 bits per heavy atom. The van der Waals surface area contributed by atoms with Crippen LogP contribution in [0.15, 0.2) is 60.7 Å². The molecule has 9 nitrogen and oxygen atoms in total. The van der Waals surface area contributed by atoms with E-state index in [9.17, 15) is 29.8 Å². The van der Waals surface area contributed by atoms with Crippen LogP contribution in [0.5, 0.6) is 5.75 Å². The summed E-state index contributed by atoms with van der Waals surface area (Å²) in [6.07, 6.45) is 0. The molecule has 3 aromatic rings. The number of carbonyl (C=O) groups is 2. The normalized spacial score (nSPS) is 10.4. The lowest BCUT2D eigenvalue weighted by atomic mass is 10.0. The molecular weight excluding hydrogens is 404 g/mol. The molecule has 0 saturated heterocycles. The molecule has 0 atom stereocenters. The Kier molecular flexibility index (Phi) is 5.87. The van der Waals surface area contributed by atoms with Gasteiger partial charge in [-0.15, -0.1) is 0 Å². The van der Waals surface area contributed by atoms with E-state index < -0.39 is 27.2 Å². The number of nitro groups is 2. The van der Waals surface area contributed by atoms with Gasteiger partial charge in [-0.1, -0.05) is 30.3 Å². The predicted octanol–water partition coefficient (Wildman–Crippen LogP) is 4.57. The van der Waals surface area contributed by atoms with Crippen molar-refractivity contribution in [2.45, 2.75) is 13.8 Å². The first-order chi connectivity index (χ1) is 14.7. The fourth-order valence-corrected chi connectivity index (χ4v) is 3.00. The summed E-state index contributed by atoms with van der Waals surface area (Å²) in [7, 11) is 0. The zero-order valence-electron chi connectivity index (χ0n) is 16.5. The molecule has 156 valence electrons. The summed E-state index contributed by atoms with van der Waals surface area (Å²) in [4.78, 5) is 45.9. The number of aryl methyl sites for hydroxylation is 1. The van der Waals surface area contributed by atoms with E-state index in [2.05, 4.69) is 0 Å². The van der Waals surface area contributed by atoms with Crippen LogP contribution in [0.4, 0.5) is 11.4 Å². The molecule has 0 aromatic heterocycles. The highest BCUT2D eigenvalue weighted by molar-refractivity contribution is 6.09. The molecule has 0 spiro atoms. The number of benzene rings is 3. The van der Waals surface area contributed by atoms with Gasteiger partial charge in [0, 0.05) is 23.3 Å². The van der Waals surface area contributed by atoms with E-state index in [4.69, 9.17) is 4.74 Å². The quantitative estimate of drug-likeness (QED) is 0.188. The third-order valence-corrected chi connectivity index (χ3v) is 4.66. The van der Waals surface area contributed by atoms with Gasteiger partial charge in [-0.3, -0.25) is 25.0 Å². The van der Waals surface area contributed by atoms with Crippen LogP contribution in [-0.4, -0.2) is 21.6 Å². The number of esters is 1. The van der Waals surface area contributed by atoms with Crippen molar-refractivity contribution in [1.82, 2.24) is 0 Å². The second-order valence-electron chi connectivity index (χ2n) is 6.72. The van der Waals surface area contributed by atoms with Gasteiger partial charge in [0.2, 0.25) is 0 Å². The predicted molar refractivity (Wildman–Crippen MR) is 110 cm³/mol. The van der Waals surface area contributed by atoms with Crippen LogP contribution in [0.1, 0.15) is 37.4 Å². The molecular formula is C22H16N2O7. The van der Waals surface area contributed by atoms with Gasteiger partial charge >= 0.3 is 5.97 Å². The van der Waals surface area contributed by atoms with Crippen molar-refractivity contribution in [3.05, 3.63) is 109 Å². The Hall–Kier alpha value is -4.40. The van der Waals surface area contributed by atoms with E-state index in [1.165, 1.54) is 19.1 Å². The molecule has 0 radical (unpaired) electrons. The number of rotatable bonds is 6. The lowest BCUT2D eigenvalue weighted by Gasteiger charge is -2.10. The molecule has 0 aliphatic carbocycles. The van der Waals surface area contributed by atoms with E-state index in [1.807, 2.05) is 0 Å². The summed E-state index contributed by atoms with van der Waals surface area (Å²) >= 11 is 0.